The molecule has 8 heteroatoms. The summed E-state index contributed by atoms with van der Waals surface area (Å²) < 4.78 is 11.8. The second kappa shape index (κ2) is 13.5. The number of nitrogens with zero attached hydrogens (tertiary/aromatic N) is 2. The zero-order valence-corrected chi connectivity index (χ0v) is 22.6. The van der Waals surface area contributed by atoms with Crippen molar-refractivity contribution in [1.29, 1.82) is 0 Å². The van der Waals surface area contributed by atoms with E-state index in [-0.39, 0.29) is 23.5 Å². The smallest absolute Gasteiger partial charge is 0.311 e. The first-order valence-corrected chi connectivity index (χ1v) is 12.5. The fraction of sp³-hybridized carbons (Fsp3) is 0.692. The number of esters is 1. The number of allylic oxidation sites excluding steroid dienone is 4. The van der Waals surface area contributed by atoms with Gasteiger partial charge in [-0.1, -0.05) is 24.6 Å². The van der Waals surface area contributed by atoms with Crippen molar-refractivity contribution in [2.75, 3.05) is 34.0 Å². The predicted octanol–water partition coefficient (Wildman–Crippen LogP) is 5.13. The SMILES string of the molecule is CN=C(C)C(OC(=O)CCC(C)CONCN(C)C(C)(C)C)=C1COC(C2=CC=C(Cl)CC2)C1. The molecule has 2 atom stereocenters. The summed E-state index contributed by atoms with van der Waals surface area (Å²) >= 11 is 6.08. The number of aliphatic imine (C=N–C) groups is 1. The number of carbonyl (C=O) groups is 1. The molecule has 192 valence electrons. The highest BCUT2D eigenvalue weighted by atomic mass is 35.5. The van der Waals surface area contributed by atoms with Crippen LogP contribution in [0.2, 0.25) is 0 Å². The van der Waals surface area contributed by atoms with Gasteiger partial charge in [-0.05, 0) is 71.6 Å². The quantitative estimate of drug-likeness (QED) is 0.107. The van der Waals surface area contributed by atoms with Gasteiger partial charge in [-0.2, -0.15) is 5.48 Å². The molecule has 2 unspecified atom stereocenters. The molecule has 1 saturated heterocycles. The molecule has 0 bridgehead atoms. The number of ether oxygens (including phenoxy) is 2. The Hall–Kier alpha value is -1.51. The van der Waals surface area contributed by atoms with Gasteiger partial charge in [-0.15, -0.1) is 0 Å². The third-order valence-corrected chi connectivity index (χ3v) is 6.71. The van der Waals surface area contributed by atoms with E-state index in [2.05, 4.69) is 43.1 Å². The van der Waals surface area contributed by atoms with E-state index in [0.717, 1.165) is 23.4 Å². The van der Waals surface area contributed by atoms with Gasteiger partial charge in [-0.3, -0.25) is 14.7 Å². The van der Waals surface area contributed by atoms with Crippen molar-refractivity contribution in [2.45, 2.75) is 78.4 Å². The standard InChI is InChI=1S/C26H42ClN3O4/c1-18(15-33-29-17-30(7)26(3,4)5)8-13-24(31)34-25(19(2)28-6)21-14-23(32-16-21)20-9-11-22(27)12-10-20/h9,11,18,23,29H,8,10,12-17H2,1-7H3. The fourth-order valence-corrected chi connectivity index (χ4v) is 3.69. The second-order valence-electron chi connectivity index (χ2n) is 10.2. The maximum absolute atomic E-state index is 12.6. The lowest BCUT2D eigenvalue weighted by molar-refractivity contribution is -0.139. The number of halogens is 1. The average Bonchev–Trinajstić information content (AvgIpc) is 3.28. The lowest BCUT2D eigenvalue weighted by Crippen LogP contribution is -2.43. The third-order valence-electron chi connectivity index (χ3n) is 6.39. The number of hydroxylamine groups is 1. The Bertz CT molecular complexity index is 826. The maximum atomic E-state index is 12.6. The van der Waals surface area contributed by atoms with Crippen molar-refractivity contribution < 1.29 is 19.1 Å². The van der Waals surface area contributed by atoms with Gasteiger partial charge < -0.3 is 14.3 Å². The van der Waals surface area contributed by atoms with Crippen molar-refractivity contribution in [1.82, 2.24) is 10.4 Å². The van der Waals surface area contributed by atoms with Crippen LogP contribution in [0.3, 0.4) is 0 Å². The van der Waals surface area contributed by atoms with Crippen LogP contribution in [0.1, 0.15) is 66.7 Å². The van der Waals surface area contributed by atoms with Crippen molar-refractivity contribution in [3.05, 3.63) is 34.1 Å². The van der Waals surface area contributed by atoms with Crippen LogP contribution in [0.25, 0.3) is 0 Å². The lowest BCUT2D eigenvalue weighted by atomic mass is 9.96. The normalized spacial score (nSPS) is 21.9. The summed E-state index contributed by atoms with van der Waals surface area (Å²) in [6.45, 7) is 12.0. The van der Waals surface area contributed by atoms with Crippen molar-refractivity contribution >= 4 is 23.3 Å². The van der Waals surface area contributed by atoms with Crippen molar-refractivity contribution in [3.63, 3.8) is 0 Å². The van der Waals surface area contributed by atoms with E-state index in [4.69, 9.17) is 25.9 Å². The minimum absolute atomic E-state index is 0.00336. The van der Waals surface area contributed by atoms with Gasteiger partial charge in [0, 0.05) is 36.0 Å². The Morgan fingerprint density at radius 1 is 1.35 bits per heavy atom. The molecular weight excluding hydrogens is 454 g/mol. The first-order chi connectivity index (χ1) is 16.0. The van der Waals surface area contributed by atoms with Crippen LogP contribution in [0.5, 0.6) is 0 Å². The van der Waals surface area contributed by atoms with Crippen LogP contribution in [-0.2, 0) is 19.1 Å². The topological polar surface area (TPSA) is 72.4 Å². The maximum Gasteiger partial charge on any atom is 0.311 e. The number of nitrogens with one attached hydrogen (secondary N) is 1. The van der Waals surface area contributed by atoms with Gasteiger partial charge in [0.05, 0.1) is 31.7 Å². The molecule has 1 N–H and O–H groups in total. The van der Waals surface area contributed by atoms with E-state index < -0.39 is 0 Å². The minimum Gasteiger partial charge on any atom is -0.425 e. The summed E-state index contributed by atoms with van der Waals surface area (Å²) in [5, 5.41) is 0.869. The zero-order valence-electron chi connectivity index (χ0n) is 21.9. The summed E-state index contributed by atoms with van der Waals surface area (Å²) in [7, 11) is 3.75. The molecule has 0 aromatic rings. The molecule has 34 heavy (non-hydrogen) atoms. The molecule has 1 aliphatic heterocycles. The number of carbonyl (C=O) groups excluding carboxylic acids is 1. The predicted molar refractivity (Wildman–Crippen MR) is 138 cm³/mol. The first kappa shape index (κ1) is 28.7. The van der Waals surface area contributed by atoms with Crippen LogP contribution in [0, 0.1) is 5.92 Å². The molecule has 2 rings (SSSR count). The van der Waals surface area contributed by atoms with E-state index in [1.54, 1.807) is 7.05 Å². The fourth-order valence-electron chi connectivity index (χ4n) is 3.53. The molecule has 0 aromatic carbocycles. The van der Waals surface area contributed by atoms with Gasteiger partial charge in [-0.25, -0.2) is 0 Å². The van der Waals surface area contributed by atoms with Crippen LogP contribution in [-0.4, -0.2) is 62.2 Å². The van der Waals surface area contributed by atoms with Gasteiger partial charge in [0.2, 0.25) is 0 Å². The Morgan fingerprint density at radius 3 is 2.71 bits per heavy atom. The first-order valence-electron chi connectivity index (χ1n) is 12.1. The van der Waals surface area contributed by atoms with Crippen LogP contribution in [0.15, 0.2) is 39.1 Å². The molecule has 0 spiro atoms. The van der Waals surface area contributed by atoms with E-state index in [9.17, 15) is 4.79 Å². The van der Waals surface area contributed by atoms with E-state index in [0.29, 0.717) is 50.6 Å². The Morgan fingerprint density at radius 2 is 2.09 bits per heavy atom. The molecular formula is C26H42ClN3O4. The van der Waals surface area contributed by atoms with Gasteiger partial charge >= 0.3 is 5.97 Å². The molecule has 0 amide bonds. The average molecular weight is 496 g/mol. The molecule has 1 aliphatic carbocycles. The summed E-state index contributed by atoms with van der Waals surface area (Å²) in [5.74, 6) is 0.512. The lowest BCUT2D eigenvalue weighted by Gasteiger charge is -2.31. The number of rotatable bonds is 11. The highest BCUT2D eigenvalue weighted by molar-refractivity contribution is 6.29. The van der Waals surface area contributed by atoms with Gasteiger partial charge in [0.15, 0.2) is 5.76 Å². The molecule has 1 heterocycles. The van der Waals surface area contributed by atoms with E-state index in [1.807, 2.05) is 26.1 Å². The Kier molecular flexibility index (Phi) is 11.4. The van der Waals surface area contributed by atoms with Gasteiger partial charge in [0.1, 0.15) is 0 Å². The molecule has 0 radical (unpaired) electrons. The molecule has 0 saturated carbocycles. The highest BCUT2D eigenvalue weighted by Crippen LogP contribution is 2.33. The Labute approximate surface area is 210 Å². The molecule has 1 fully saturated rings. The molecule has 2 aliphatic rings. The number of hydrogen-bond donors (Lipinski definition) is 1. The summed E-state index contributed by atoms with van der Waals surface area (Å²) in [5.41, 5.74) is 5.98. The molecule has 7 nitrogen and oxygen atoms in total. The molecule has 0 aromatic heterocycles. The highest BCUT2D eigenvalue weighted by Gasteiger charge is 2.29. The minimum atomic E-state index is -0.257. The van der Waals surface area contributed by atoms with Crippen LogP contribution < -0.4 is 5.48 Å². The summed E-state index contributed by atoms with van der Waals surface area (Å²) in [4.78, 5) is 24.6. The summed E-state index contributed by atoms with van der Waals surface area (Å²) in [6.07, 6.45) is 7.42. The number of hydrogen-bond acceptors (Lipinski definition) is 7. The van der Waals surface area contributed by atoms with Crippen molar-refractivity contribution in [3.8, 4) is 0 Å². The largest absolute Gasteiger partial charge is 0.425 e. The zero-order chi connectivity index (χ0) is 25.3. The van der Waals surface area contributed by atoms with Crippen molar-refractivity contribution in [2.24, 2.45) is 10.9 Å². The van der Waals surface area contributed by atoms with Crippen LogP contribution >= 0.6 is 11.6 Å². The second-order valence-corrected chi connectivity index (χ2v) is 10.7. The van der Waals surface area contributed by atoms with E-state index >= 15 is 0 Å². The Balaban J connectivity index is 1.83. The van der Waals surface area contributed by atoms with Gasteiger partial charge in [0.25, 0.3) is 0 Å². The van der Waals surface area contributed by atoms with E-state index in [1.165, 1.54) is 5.57 Å². The summed E-state index contributed by atoms with van der Waals surface area (Å²) in [6, 6.07) is 0. The third kappa shape index (κ3) is 9.27. The van der Waals surface area contributed by atoms with Crippen LogP contribution in [0.4, 0.5) is 0 Å². The monoisotopic (exact) mass is 495 g/mol.